The summed E-state index contributed by atoms with van der Waals surface area (Å²) in [6.07, 6.45) is 1.30. The molecule has 180 valence electrons. The molecule has 0 unspecified atom stereocenters. The zero-order chi connectivity index (χ0) is 25.0. The number of amides is 2. The summed E-state index contributed by atoms with van der Waals surface area (Å²) in [6.45, 7) is 5.40. The van der Waals surface area contributed by atoms with Crippen LogP contribution in [0.1, 0.15) is 26.7 Å². The zero-order valence-corrected chi connectivity index (χ0v) is 20.2. The molecule has 0 aromatic heterocycles. The van der Waals surface area contributed by atoms with Crippen LogP contribution in [-0.2, 0) is 4.79 Å². The monoisotopic (exact) mass is 499 g/mol. The Morgan fingerprint density at radius 2 is 1.67 bits per heavy atom. The van der Waals surface area contributed by atoms with E-state index in [4.69, 9.17) is 33.0 Å². The minimum absolute atomic E-state index is 0.0498. The average molecular weight is 500 g/mol. The molecule has 9 nitrogen and oxygen atoms in total. The molecule has 0 radical (unpaired) electrons. The number of carbonyl (C=O) groups excluding carboxylic acids is 2. The standard InChI is InChI=1S/C14H17N3O5.C6H4Cl2O.C2H6/c1-15(10-13(18)16-8-2-3-9-16)14(19)22-12-6-4-11(5-7-12)17(20)21;7-5-2-1-4(9)3-6(5)8;1-2/h4-7H,2-3,8-10H2,1H3;1-3,9H;1-2H3. The van der Waals surface area contributed by atoms with Gasteiger partial charge >= 0.3 is 6.09 Å². The Morgan fingerprint density at radius 1 is 1.09 bits per heavy atom. The second-order valence-electron chi connectivity index (χ2n) is 6.66. The van der Waals surface area contributed by atoms with E-state index in [1.165, 1.54) is 48.3 Å². The fourth-order valence-corrected chi connectivity index (χ4v) is 2.93. The van der Waals surface area contributed by atoms with Crippen LogP contribution in [0.3, 0.4) is 0 Å². The number of ether oxygens (including phenoxy) is 1. The Hall–Kier alpha value is -3.04. The molecule has 2 aromatic rings. The molecule has 33 heavy (non-hydrogen) atoms. The summed E-state index contributed by atoms with van der Waals surface area (Å²) in [5.41, 5.74) is -0.0858. The highest BCUT2D eigenvalue weighted by atomic mass is 35.5. The number of nitro groups is 1. The van der Waals surface area contributed by atoms with Crippen LogP contribution in [0.15, 0.2) is 42.5 Å². The third kappa shape index (κ3) is 9.55. The molecule has 1 fully saturated rings. The van der Waals surface area contributed by atoms with Crippen molar-refractivity contribution in [1.29, 1.82) is 0 Å². The molecule has 1 heterocycles. The predicted octanol–water partition coefficient (Wildman–Crippen LogP) is 5.37. The number of likely N-dealkylation sites (tertiary alicyclic amines) is 1. The van der Waals surface area contributed by atoms with Crippen LogP contribution in [0.4, 0.5) is 10.5 Å². The van der Waals surface area contributed by atoms with Crippen molar-refractivity contribution in [3.05, 3.63) is 62.6 Å². The highest BCUT2D eigenvalue weighted by Gasteiger charge is 2.22. The third-order valence-electron chi connectivity index (χ3n) is 4.30. The summed E-state index contributed by atoms with van der Waals surface area (Å²) in [4.78, 5) is 36.7. The lowest BCUT2D eigenvalue weighted by molar-refractivity contribution is -0.384. The molecule has 1 aliphatic rings. The van der Waals surface area contributed by atoms with E-state index >= 15 is 0 Å². The Balaban J connectivity index is 0.000000412. The van der Waals surface area contributed by atoms with Gasteiger partial charge in [-0.1, -0.05) is 37.0 Å². The number of hydrogen-bond acceptors (Lipinski definition) is 6. The summed E-state index contributed by atoms with van der Waals surface area (Å²) in [5, 5.41) is 20.2. The summed E-state index contributed by atoms with van der Waals surface area (Å²) in [5.74, 6) is 0.209. The molecule has 0 atom stereocenters. The van der Waals surface area contributed by atoms with E-state index in [0.29, 0.717) is 10.0 Å². The molecule has 2 amide bonds. The molecule has 1 aliphatic heterocycles. The number of benzene rings is 2. The highest BCUT2D eigenvalue weighted by molar-refractivity contribution is 6.42. The number of aromatic hydroxyl groups is 1. The van der Waals surface area contributed by atoms with Crippen LogP contribution in [0, 0.1) is 10.1 Å². The van der Waals surface area contributed by atoms with Crippen LogP contribution in [-0.4, -0.2) is 58.5 Å². The lowest BCUT2D eigenvalue weighted by Crippen LogP contribution is -2.40. The van der Waals surface area contributed by atoms with E-state index in [-0.39, 0.29) is 29.6 Å². The maximum atomic E-state index is 11.9. The number of carbonyl (C=O) groups is 2. The van der Waals surface area contributed by atoms with Crippen molar-refractivity contribution in [1.82, 2.24) is 9.80 Å². The predicted molar refractivity (Wildman–Crippen MR) is 127 cm³/mol. The first-order chi connectivity index (χ1) is 15.7. The molecule has 0 saturated carbocycles. The summed E-state index contributed by atoms with van der Waals surface area (Å²) in [6, 6.07) is 9.59. The van der Waals surface area contributed by atoms with E-state index in [9.17, 15) is 19.7 Å². The van der Waals surface area contributed by atoms with Crippen LogP contribution >= 0.6 is 23.2 Å². The molecule has 2 aromatic carbocycles. The van der Waals surface area contributed by atoms with Crippen molar-refractivity contribution in [2.24, 2.45) is 0 Å². The highest BCUT2D eigenvalue weighted by Crippen LogP contribution is 2.25. The first kappa shape index (κ1) is 28.0. The Kier molecular flexibility index (Phi) is 12.0. The van der Waals surface area contributed by atoms with Crippen LogP contribution in [0.25, 0.3) is 0 Å². The average Bonchev–Trinajstić information content (AvgIpc) is 3.34. The van der Waals surface area contributed by atoms with Gasteiger partial charge in [-0.2, -0.15) is 0 Å². The molecule has 11 heteroatoms. The maximum absolute atomic E-state index is 11.9. The van der Waals surface area contributed by atoms with E-state index < -0.39 is 11.0 Å². The second-order valence-corrected chi connectivity index (χ2v) is 7.48. The van der Waals surface area contributed by atoms with Crippen LogP contribution < -0.4 is 4.74 Å². The van der Waals surface area contributed by atoms with Crippen molar-refractivity contribution < 1.29 is 24.4 Å². The number of likely N-dealkylation sites (N-methyl/N-ethyl adjacent to an activating group) is 1. The van der Waals surface area contributed by atoms with Gasteiger partial charge in [-0.3, -0.25) is 14.9 Å². The molecule has 0 spiro atoms. The van der Waals surface area contributed by atoms with Crippen LogP contribution in [0.2, 0.25) is 10.0 Å². The van der Waals surface area contributed by atoms with Crippen molar-refractivity contribution in [3.8, 4) is 11.5 Å². The van der Waals surface area contributed by atoms with E-state index in [1.54, 1.807) is 11.0 Å². The Morgan fingerprint density at radius 3 is 2.15 bits per heavy atom. The van der Waals surface area contributed by atoms with Gasteiger partial charge in [0, 0.05) is 32.3 Å². The summed E-state index contributed by atoms with van der Waals surface area (Å²) < 4.78 is 5.07. The van der Waals surface area contributed by atoms with Gasteiger partial charge in [0.15, 0.2) is 0 Å². The van der Waals surface area contributed by atoms with Crippen molar-refractivity contribution >= 4 is 40.9 Å². The van der Waals surface area contributed by atoms with Gasteiger partial charge in [0.05, 0.1) is 15.0 Å². The number of phenolic OH excluding ortho intramolecular Hbond substituents is 1. The molecule has 0 aliphatic carbocycles. The molecule has 1 N–H and O–H groups in total. The van der Waals surface area contributed by atoms with E-state index in [1.807, 2.05) is 13.8 Å². The minimum atomic E-state index is -0.679. The van der Waals surface area contributed by atoms with Gasteiger partial charge in [0.1, 0.15) is 18.0 Å². The Labute approximate surface area is 202 Å². The third-order valence-corrected chi connectivity index (χ3v) is 5.04. The van der Waals surface area contributed by atoms with Crippen molar-refractivity contribution in [2.45, 2.75) is 26.7 Å². The number of phenols is 1. The van der Waals surface area contributed by atoms with Gasteiger partial charge < -0.3 is 19.6 Å². The normalized spacial score (nSPS) is 12.0. The van der Waals surface area contributed by atoms with Crippen molar-refractivity contribution in [3.63, 3.8) is 0 Å². The van der Waals surface area contributed by atoms with Gasteiger partial charge in [0.25, 0.3) is 5.69 Å². The number of nitrogens with zero attached hydrogens (tertiary/aromatic N) is 3. The largest absolute Gasteiger partial charge is 0.508 e. The van der Waals surface area contributed by atoms with Gasteiger partial charge in [-0.15, -0.1) is 0 Å². The first-order valence-corrected chi connectivity index (χ1v) is 11.0. The SMILES string of the molecule is CC.CN(CC(=O)N1CCCC1)C(=O)Oc1ccc([N+](=O)[O-])cc1.Oc1ccc(Cl)c(Cl)c1. The maximum Gasteiger partial charge on any atom is 0.415 e. The van der Waals surface area contributed by atoms with E-state index in [2.05, 4.69) is 0 Å². The number of hydrogen-bond donors (Lipinski definition) is 1. The first-order valence-electron chi connectivity index (χ1n) is 10.3. The van der Waals surface area contributed by atoms with Gasteiger partial charge in [-0.05, 0) is 43.2 Å². The lowest BCUT2D eigenvalue weighted by atomic mass is 10.3. The van der Waals surface area contributed by atoms with E-state index in [0.717, 1.165) is 25.9 Å². The molecule has 0 bridgehead atoms. The molecular weight excluding hydrogens is 473 g/mol. The molecule has 1 saturated heterocycles. The minimum Gasteiger partial charge on any atom is -0.508 e. The number of non-ortho nitro benzene ring substituents is 1. The number of rotatable bonds is 4. The summed E-state index contributed by atoms with van der Waals surface area (Å²) in [7, 11) is 1.47. The topological polar surface area (TPSA) is 113 Å². The fraction of sp³-hybridized carbons (Fsp3) is 0.364. The Bertz CT molecular complexity index is 934. The molecule has 3 rings (SSSR count). The summed E-state index contributed by atoms with van der Waals surface area (Å²) >= 11 is 11.1. The van der Waals surface area contributed by atoms with Gasteiger partial charge in [-0.25, -0.2) is 4.79 Å². The van der Waals surface area contributed by atoms with Crippen molar-refractivity contribution in [2.75, 3.05) is 26.7 Å². The fourth-order valence-electron chi connectivity index (χ4n) is 2.63. The smallest absolute Gasteiger partial charge is 0.415 e. The van der Waals surface area contributed by atoms with Crippen LogP contribution in [0.5, 0.6) is 11.5 Å². The van der Waals surface area contributed by atoms with Gasteiger partial charge in [0.2, 0.25) is 5.91 Å². The quantitative estimate of drug-likeness (QED) is 0.446. The zero-order valence-electron chi connectivity index (χ0n) is 18.7. The molecular formula is C22H27Cl2N3O6. The second kappa shape index (κ2) is 14.2. The number of nitro benzene ring substituents is 1. The number of halogens is 2. The lowest BCUT2D eigenvalue weighted by Gasteiger charge is -2.20.